The SMILES string of the molecule is CC[C@@H](C)C[C@H](C)/C=C(\C)C(=O)OC(C)(C)C. The van der Waals surface area contributed by atoms with Crippen molar-refractivity contribution in [1.29, 1.82) is 0 Å². The van der Waals surface area contributed by atoms with Crippen molar-refractivity contribution in [2.45, 2.75) is 66.9 Å². The summed E-state index contributed by atoms with van der Waals surface area (Å²) in [5, 5.41) is 0. The van der Waals surface area contributed by atoms with Crippen LogP contribution in [0, 0.1) is 11.8 Å². The van der Waals surface area contributed by atoms with Crippen LogP contribution in [0.1, 0.15) is 61.3 Å². The summed E-state index contributed by atoms with van der Waals surface area (Å²) in [6.45, 7) is 14.1. The number of allylic oxidation sites excluding steroid dienone is 1. The van der Waals surface area contributed by atoms with Crippen LogP contribution in [0.15, 0.2) is 11.6 Å². The third kappa shape index (κ3) is 8.00. The van der Waals surface area contributed by atoms with E-state index in [0.717, 1.165) is 12.0 Å². The third-order valence-corrected chi connectivity index (χ3v) is 2.73. The van der Waals surface area contributed by atoms with Crippen LogP contribution in [0.5, 0.6) is 0 Å². The smallest absolute Gasteiger partial charge is 0.333 e. The highest BCUT2D eigenvalue weighted by molar-refractivity contribution is 5.88. The van der Waals surface area contributed by atoms with E-state index in [9.17, 15) is 4.79 Å². The van der Waals surface area contributed by atoms with Crippen LogP contribution in [-0.2, 0) is 9.53 Å². The predicted molar refractivity (Wildman–Crippen MR) is 72.8 cm³/mol. The maximum absolute atomic E-state index is 11.8. The van der Waals surface area contributed by atoms with Gasteiger partial charge in [-0.05, 0) is 46.0 Å². The Bertz CT molecular complexity index is 271. The number of carbonyl (C=O) groups is 1. The van der Waals surface area contributed by atoms with E-state index in [1.807, 2.05) is 33.8 Å². The summed E-state index contributed by atoms with van der Waals surface area (Å²) in [7, 11) is 0. The Kier molecular flexibility index (Phi) is 6.51. The Hall–Kier alpha value is -0.790. The number of hydrogen-bond donors (Lipinski definition) is 0. The molecule has 0 aromatic rings. The molecule has 0 heterocycles. The molecule has 2 atom stereocenters. The highest BCUT2D eigenvalue weighted by Gasteiger charge is 2.18. The molecule has 0 spiro atoms. The first-order valence-corrected chi connectivity index (χ1v) is 6.57. The van der Waals surface area contributed by atoms with Crippen molar-refractivity contribution in [1.82, 2.24) is 0 Å². The molecule has 0 aliphatic rings. The number of ether oxygens (including phenoxy) is 1. The standard InChI is InChI=1S/C15H28O2/c1-8-11(2)9-12(3)10-13(4)14(16)17-15(5,6)7/h10-12H,8-9H2,1-7H3/b13-10+/t11-,12+/m1/s1. The molecule has 0 radical (unpaired) electrons. The topological polar surface area (TPSA) is 26.3 Å². The van der Waals surface area contributed by atoms with Crippen molar-refractivity contribution in [3.8, 4) is 0 Å². The molecule has 2 nitrogen and oxygen atoms in total. The second-order valence-corrected chi connectivity index (χ2v) is 6.08. The molecule has 0 aromatic heterocycles. The van der Waals surface area contributed by atoms with Crippen molar-refractivity contribution in [3.05, 3.63) is 11.6 Å². The van der Waals surface area contributed by atoms with Crippen LogP contribution < -0.4 is 0 Å². The third-order valence-electron chi connectivity index (χ3n) is 2.73. The van der Waals surface area contributed by atoms with E-state index in [4.69, 9.17) is 4.74 Å². The van der Waals surface area contributed by atoms with Gasteiger partial charge >= 0.3 is 5.97 Å². The maximum atomic E-state index is 11.8. The predicted octanol–water partition coefficient (Wildman–Crippen LogP) is 4.35. The number of rotatable bonds is 5. The number of hydrogen-bond acceptors (Lipinski definition) is 2. The summed E-state index contributed by atoms with van der Waals surface area (Å²) in [5.41, 5.74) is 0.308. The Morgan fingerprint density at radius 3 is 2.24 bits per heavy atom. The summed E-state index contributed by atoms with van der Waals surface area (Å²) in [6.07, 6.45) is 4.33. The molecule has 0 aromatic carbocycles. The van der Waals surface area contributed by atoms with Gasteiger partial charge in [-0.1, -0.05) is 33.3 Å². The molecule has 17 heavy (non-hydrogen) atoms. The molecular formula is C15H28O2. The van der Waals surface area contributed by atoms with Crippen molar-refractivity contribution < 1.29 is 9.53 Å². The van der Waals surface area contributed by atoms with Gasteiger partial charge in [-0.25, -0.2) is 4.79 Å². The molecule has 0 aliphatic heterocycles. The second-order valence-electron chi connectivity index (χ2n) is 6.08. The molecule has 0 amide bonds. The van der Waals surface area contributed by atoms with Crippen LogP contribution in [0.2, 0.25) is 0 Å². The van der Waals surface area contributed by atoms with E-state index in [1.54, 1.807) is 0 Å². The van der Waals surface area contributed by atoms with Gasteiger partial charge in [0.05, 0.1) is 0 Å². The fourth-order valence-electron chi connectivity index (χ4n) is 1.72. The van der Waals surface area contributed by atoms with E-state index in [-0.39, 0.29) is 5.97 Å². The summed E-state index contributed by atoms with van der Waals surface area (Å²) in [4.78, 5) is 11.8. The first kappa shape index (κ1) is 16.2. The van der Waals surface area contributed by atoms with Crippen LogP contribution in [0.4, 0.5) is 0 Å². The molecule has 0 bridgehead atoms. The van der Waals surface area contributed by atoms with Gasteiger partial charge in [0.2, 0.25) is 0 Å². The Morgan fingerprint density at radius 2 is 1.82 bits per heavy atom. The first-order valence-electron chi connectivity index (χ1n) is 6.57. The minimum absolute atomic E-state index is 0.200. The Balaban J connectivity index is 4.38. The lowest BCUT2D eigenvalue weighted by molar-refractivity contribution is -0.149. The lowest BCUT2D eigenvalue weighted by Gasteiger charge is -2.20. The molecule has 0 saturated carbocycles. The molecule has 0 rings (SSSR count). The van der Waals surface area contributed by atoms with Crippen LogP contribution in [0.3, 0.4) is 0 Å². The van der Waals surface area contributed by atoms with Crippen LogP contribution >= 0.6 is 0 Å². The fourth-order valence-corrected chi connectivity index (χ4v) is 1.72. The molecule has 0 N–H and O–H groups in total. The van der Waals surface area contributed by atoms with E-state index < -0.39 is 5.60 Å². The summed E-state index contributed by atoms with van der Waals surface area (Å²) in [6, 6.07) is 0. The maximum Gasteiger partial charge on any atom is 0.333 e. The zero-order chi connectivity index (χ0) is 13.6. The minimum atomic E-state index is -0.411. The normalized spacial score (nSPS) is 16.5. The largest absolute Gasteiger partial charge is 0.457 e. The highest BCUT2D eigenvalue weighted by Crippen LogP contribution is 2.18. The molecule has 2 heteroatoms. The second kappa shape index (κ2) is 6.83. The molecule has 0 aliphatic carbocycles. The molecule has 0 unspecified atom stereocenters. The molecule has 100 valence electrons. The highest BCUT2D eigenvalue weighted by atomic mass is 16.6. The van der Waals surface area contributed by atoms with Crippen molar-refractivity contribution in [3.63, 3.8) is 0 Å². The van der Waals surface area contributed by atoms with Crippen molar-refractivity contribution >= 4 is 5.97 Å². The van der Waals surface area contributed by atoms with Gasteiger partial charge in [-0.15, -0.1) is 0 Å². The van der Waals surface area contributed by atoms with Gasteiger partial charge < -0.3 is 4.74 Å². The lowest BCUT2D eigenvalue weighted by Crippen LogP contribution is -2.24. The van der Waals surface area contributed by atoms with Gasteiger partial charge in [0.1, 0.15) is 5.60 Å². The number of carbonyl (C=O) groups excluding carboxylic acids is 1. The van der Waals surface area contributed by atoms with Gasteiger partial charge in [0, 0.05) is 5.57 Å². The number of esters is 1. The van der Waals surface area contributed by atoms with Gasteiger partial charge in [-0.2, -0.15) is 0 Å². The minimum Gasteiger partial charge on any atom is -0.457 e. The van der Waals surface area contributed by atoms with Crippen molar-refractivity contribution in [2.75, 3.05) is 0 Å². The molecule has 0 saturated heterocycles. The van der Waals surface area contributed by atoms with E-state index in [2.05, 4.69) is 20.8 Å². The zero-order valence-electron chi connectivity index (χ0n) is 12.5. The average Bonchev–Trinajstić information content (AvgIpc) is 2.14. The van der Waals surface area contributed by atoms with Crippen LogP contribution in [0.25, 0.3) is 0 Å². The van der Waals surface area contributed by atoms with E-state index in [1.165, 1.54) is 6.42 Å². The monoisotopic (exact) mass is 240 g/mol. The van der Waals surface area contributed by atoms with Crippen molar-refractivity contribution in [2.24, 2.45) is 11.8 Å². The van der Waals surface area contributed by atoms with E-state index in [0.29, 0.717) is 11.8 Å². The van der Waals surface area contributed by atoms with Gasteiger partial charge in [0.25, 0.3) is 0 Å². The summed E-state index contributed by atoms with van der Waals surface area (Å²) in [5.74, 6) is 0.929. The van der Waals surface area contributed by atoms with E-state index >= 15 is 0 Å². The average molecular weight is 240 g/mol. The first-order chi connectivity index (χ1) is 7.65. The molecule has 0 fully saturated rings. The summed E-state index contributed by atoms with van der Waals surface area (Å²) < 4.78 is 5.32. The lowest BCUT2D eigenvalue weighted by atomic mass is 9.94. The van der Waals surface area contributed by atoms with Gasteiger partial charge in [0.15, 0.2) is 0 Å². The fraction of sp³-hybridized carbons (Fsp3) is 0.800. The quantitative estimate of drug-likeness (QED) is 0.527. The van der Waals surface area contributed by atoms with Gasteiger partial charge in [-0.3, -0.25) is 0 Å². The zero-order valence-corrected chi connectivity index (χ0v) is 12.5. The Morgan fingerprint density at radius 1 is 1.29 bits per heavy atom. The summed E-state index contributed by atoms with van der Waals surface area (Å²) >= 11 is 0. The Labute approximate surface area is 106 Å². The van der Waals surface area contributed by atoms with Crippen LogP contribution in [-0.4, -0.2) is 11.6 Å². The molecular weight excluding hydrogens is 212 g/mol.